The van der Waals surface area contributed by atoms with Crippen LogP contribution in [0.2, 0.25) is 0 Å². The third-order valence-corrected chi connectivity index (χ3v) is 6.65. The largest absolute Gasteiger partial charge is 0.306 e. The molecule has 3 nitrogen and oxygen atoms in total. The topological polar surface area (TPSA) is 43.4 Å². The van der Waals surface area contributed by atoms with E-state index >= 15 is 0 Å². The fourth-order valence-corrected chi connectivity index (χ4v) is 5.02. The molecule has 0 N–H and O–H groups in total. The van der Waals surface area contributed by atoms with Gasteiger partial charge in [-0.25, -0.2) is 0 Å². The van der Waals surface area contributed by atoms with E-state index in [4.69, 9.17) is 4.18 Å². The van der Waals surface area contributed by atoms with E-state index in [0.29, 0.717) is 4.21 Å². The summed E-state index contributed by atoms with van der Waals surface area (Å²) in [6.45, 7) is 0. The van der Waals surface area contributed by atoms with E-state index in [1.807, 2.05) is 36.4 Å². The Morgan fingerprint density at radius 2 is 1.67 bits per heavy atom. The summed E-state index contributed by atoms with van der Waals surface area (Å²) < 4.78 is 30.4. The molecule has 0 atom stereocenters. The Balaban J connectivity index is 1.78. The second-order valence-corrected chi connectivity index (χ2v) is 8.18. The number of rotatable bonds is 4. The summed E-state index contributed by atoms with van der Waals surface area (Å²) in [5.41, 5.74) is 1.03. The molecule has 5 heteroatoms. The van der Waals surface area contributed by atoms with Crippen molar-refractivity contribution in [1.82, 2.24) is 0 Å². The van der Waals surface area contributed by atoms with Gasteiger partial charge in [-0.15, -0.1) is 11.3 Å². The predicted octanol–water partition coefficient (Wildman–Crippen LogP) is 4.45. The lowest BCUT2D eigenvalue weighted by Crippen LogP contribution is -2.20. The Morgan fingerprint density at radius 3 is 2.38 bits per heavy atom. The zero-order valence-corrected chi connectivity index (χ0v) is 13.3. The zero-order valence-electron chi connectivity index (χ0n) is 11.7. The van der Waals surface area contributed by atoms with Gasteiger partial charge in [0, 0.05) is 4.88 Å². The van der Waals surface area contributed by atoms with E-state index in [9.17, 15) is 8.42 Å². The fraction of sp³-hybridized carbons (Fsp3) is 0.375. The van der Waals surface area contributed by atoms with Crippen molar-refractivity contribution in [1.29, 1.82) is 0 Å². The maximum Gasteiger partial charge on any atom is 0.306 e. The SMILES string of the molecule is O=S(=O)(OC1CCCCC1)c1ccc(-c2ccccc2)s1. The minimum Gasteiger partial charge on any atom is -0.262 e. The van der Waals surface area contributed by atoms with Crippen molar-refractivity contribution in [3.8, 4) is 10.4 Å². The summed E-state index contributed by atoms with van der Waals surface area (Å²) in [6.07, 6.45) is 4.83. The molecule has 1 fully saturated rings. The van der Waals surface area contributed by atoms with Gasteiger partial charge in [0.2, 0.25) is 0 Å². The maximum absolute atomic E-state index is 12.3. The van der Waals surface area contributed by atoms with E-state index in [1.165, 1.54) is 17.8 Å². The first-order chi connectivity index (χ1) is 10.1. The highest BCUT2D eigenvalue weighted by Gasteiger charge is 2.25. The second kappa shape index (κ2) is 6.30. The van der Waals surface area contributed by atoms with Gasteiger partial charge in [0.15, 0.2) is 0 Å². The first kappa shape index (κ1) is 14.8. The minimum atomic E-state index is -3.63. The number of hydrogen-bond donors (Lipinski definition) is 0. The van der Waals surface area contributed by atoms with Crippen LogP contribution in [0, 0.1) is 0 Å². The molecule has 0 bridgehead atoms. The van der Waals surface area contributed by atoms with Crippen molar-refractivity contribution >= 4 is 21.5 Å². The molecule has 21 heavy (non-hydrogen) atoms. The molecule has 1 saturated carbocycles. The summed E-state index contributed by atoms with van der Waals surface area (Å²) in [5, 5.41) is 0. The van der Waals surface area contributed by atoms with Crippen molar-refractivity contribution < 1.29 is 12.6 Å². The van der Waals surface area contributed by atoms with Gasteiger partial charge >= 0.3 is 10.1 Å². The van der Waals surface area contributed by atoms with Gasteiger partial charge in [-0.05, 0) is 30.5 Å². The summed E-state index contributed by atoms with van der Waals surface area (Å²) in [6, 6.07) is 13.3. The molecule has 2 aromatic rings. The van der Waals surface area contributed by atoms with Crippen molar-refractivity contribution in [2.75, 3.05) is 0 Å². The van der Waals surface area contributed by atoms with Crippen LogP contribution in [0.5, 0.6) is 0 Å². The standard InChI is InChI=1S/C16H18O3S2/c17-21(18,19-14-9-5-2-6-10-14)16-12-11-15(20-16)13-7-3-1-4-8-13/h1,3-4,7-8,11-12,14H,2,5-6,9-10H2. The van der Waals surface area contributed by atoms with Crippen LogP contribution >= 0.6 is 11.3 Å². The van der Waals surface area contributed by atoms with Gasteiger partial charge in [0.1, 0.15) is 4.21 Å². The normalized spacial score (nSPS) is 17.0. The van der Waals surface area contributed by atoms with Gasteiger partial charge in [-0.3, -0.25) is 4.18 Å². The average Bonchev–Trinajstić information content (AvgIpc) is 2.99. The second-order valence-electron chi connectivity index (χ2n) is 5.30. The third-order valence-electron chi connectivity index (χ3n) is 3.70. The van der Waals surface area contributed by atoms with Crippen molar-refractivity contribution in [2.45, 2.75) is 42.4 Å². The van der Waals surface area contributed by atoms with E-state index in [1.54, 1.807) is 6.07 Å². The van der Waals surface area contributed by atoms with E-state index in [2.05, 4.69) is 0 Å². The predicted molar refractivity (Wildman–Crippen MR) is 84.9 cm³/mol. The Morgan fingerprint density at radius 1 is 0.952 bits per heavy atom. The Kier molecular flexibility index (Phi) is 4.42. The van der Waals surface area contributed by atoms with Crippen LogP contribution in [0.15, 0.2) is 46.7 Å². The van der Waals surface area contributed by atoms with Crippen LogP contribution in [0.25, 0.3) is 10.4 Å². The highest BCUT2D eigenvalue weighted by atomic mass is 32.3. The molecule has 0 unspecified atom stereocenters. The van der Waals surface area contributed by atoms with Crippen LogP contribution < -0.4 is 0 Å². The fourth-order valence-electron chi connectivity index (χ4n) is 2.60. The molecule has 1 aliphatic rings. The molecule has 0 spiro atoms. The average molecular weight is 322 g/mol. The Labute approximate surface area is 129 Å². The molecule has 1 aromatic heterocycles. The molecule has 0 aliphatic heterocycles. The van der Waals surface area contributed by atoms with Crippen molar-refractivity contribution in [2.24, 2.45) is 0 Å². The van der Waals surface area contributed by atoms with Gasteiger partial charge < -0.3 is 0 Å². The van der Waals surface area contributed by atoms with Crippen LogP contribution in [0.1, 0.15) is 32.1 Å². The lowest BCUT2D eigenvalue weighted by atomic mass is 9.98. The first-order valence-corrected chi connectivity index (χ1v) is 9.46. The van der Waals surface area contributed by atoms with Gasteiger partial charge in [-0.2, -0.15) is 8.42 Å². The van der Waals surface area contributed by atoms with Gasteiger partial charge in [0.05, 0.1) is 6.10 Å². The zero-order chi connectivity index (χ0) is 14.7. The summed E-state index contributed by atoms with van der Waals surface area (Å²) in [4.78, 5) is 0.946. The highest BCUT2D eigenvalue weighted by molar-refractivity contribution is 7.89. The first-order valence-electron chi connectivity index (χ1n) is 7.24. The van der Waals surface area contributed by atoms with Crippen molar-refractivity contribution in [3.05, 3.63) is 42.5 Å². The molecule has 0 saturated heterocycles. The maximum atomic E-state index is 12.3. The van der Waals surface area contributed by atoms with E-state index < -0.39 is 10.1 Å². The number of thiophene rings is 1. The Bertz CT molecular complexity index is 683. The highest BCUT2D eigenvalue weighted by Crippen LogP contribution is 2.33. The van der Waals surface area contributed by atoms with Gasteiger partial charge in [-0.1, -0.05) is 49.6 Å². The smallest absolute Gasteiger partial charge is 0.262 e. The molecule has 112 valence electrons. The molecule has 1 aromatic carbocycles. The molecule has 1 heterocycles. The van der Waals surface area contributed by atoms with E-state index in [-0.39, 0.29) is 6.10 Å². The summed E-state index contributed by atoms with van der Waals surface area (Å²) in [7, 11) is -3.63. The quantitative estimate of drug-likeness (QED) is 0.781. The summed E-state index contributed by atoms with van der Waals surface area (Å²) in [5.74, 6) is 0. The lowest BCUT2D eigenvalue weighted by Gasteiger charge is -2.20. The lowest BCUT2D eigenvalue weighted by molar-refractivity contribution is 0.162. The van der Waals surface area contributed by atoms with Crippen LogP contribution in [0.3, 0.4) is 0 Å². The van der Waals surface area contributed by atoms with E-state index in [0.717, 1.165) is 36.1 Å². The van der Waals surface area contributed by atoms with Crippen LogP contribution in [-0.2, 0) is 14.3 Å². The van der Waals surface area contributed by atoms with Crippen LogP contribution in [-0.4, -0.2) is 14.5 Å². The van der Waals surface area contributed by atoms with Gasteiger partial charge in [0.25, 0.3) is 0 Å². The molecule has 1 aliphatic carbocycles. The molecular weight excluding hydrogens is 304 g/mol. The molecule has 0 radical (unpaired) electrons. The number of hydrogen-bond acceptors (Lipinski definition) is 4. The number of benzene rings is 1. The molecular formula is C16H18O3S2. The van der Waals surface area contributed by atoms with Crippen LogP contribution in [0.4, 0.5) is 0 Å². The Hall–Kier alpha value is -1.17. The van der Waals surface area contributed by atoms with Crippen molar-refractivity contribution in [3.63, 3.8) is 0 Å². The molecule has 3 rings (SSSR count). The molecule has 0 amide bonds. The summed E-state index contributed by atoms with van der Waals surface area (Å²) >= 11 is 1.27. The minimum absolute atomic E-state index is 0.147. The third kappa shape index (κ3) is 3.54. The monoisotopic (exact) mass is 322 g/mol.